The molecular formula is C18H19N3O2. The van der Waals surface area contributed by atoms with Crippen LogP contribution in [0.1, 0.15) is 13.3 Å². The highest BCUT2D eigenvalue weighted by atomic mass is 16.5. The van der Waals surface area contributed by atoms with E-state index in [1.807, 2.05) is 25.3 Å². The van der Waals surface area contributed by atoms with E-state index < -0.39 is 0 Å². The lowest BCUT2D eigenvalue weighted by Crippen LogP contribution is -2.16. The highest BCUT2D eigenvalue weighted by Crippen LogP contribution is 2.21. The van der Waals surface area contributed by atoms with Gasteiger partial charge in [0.05, 0.1) is 6.61 Å². The van der Waals surface area contributed by atoms with Crippen LogP contribution in [0.5, 0.6) is 5.75 Å². The van der Waals surface area contributed by atoms with Crippen LogP contribution in [0.2, 0.25) is 0 Å². The van der Waals surface area contributed by atoms with Gasteiger partial charge in [0, 0.05) is 30.9 Å². The first-order chi connectivity index (χ1) is 11.3. The monoisotopic (exact) mass is 309 g/mol. The van der Waals surface area contributed by atoms with E-state index in [9.17, 15) is 4.79 Å². The minimum Gasteiger partial charge on any atom is -0.490 e. The number of rotatable bonds is 6. The van der Waals surface area contributed by atoms with Gasteiger partial charge in [-0.2, -0.15) is 0 Å². The molecule has 23 heavy (non-hydrogen) atoms. The summed E-state index contributed by atoms with van der Waals surface area (Å²) in [5, 5.41) is 3.99. The van der Waals surface area contributed by atoms with Crippen molar-refractivity contribution in [3.05, 3.63) is 54.9 Å². The fraction of sp³-hybridized carbons (Fsp3) is 0.222. The van der Waals surface area contributed by atoms with Crippen LogP contribution in [0.25, 0.3) is 10.9 Å². The third-order valence-corrected chi connectivity index (χ3v) is 3.59. The molecule has 2 aromatic heterocycles. The Hall–Kier alpha value is -2.82. The number of nitrogens with zero attached hydrogens (tertiary/aromatic N) is 2. The first-order valence-corrected chi connectivity index (χ1v) is 7.69. The summed E-state index contributed by atoms with van der Waals surface area (Å²) in [5.74, 6) is 0.980. The fourth-order valence-electron chi connectivity index (χ4n) is 2.51. The molecule has 0 aliphatic heterocycles. The van der Waals surface area contributed by atoms with E-state index in [1.54, 1.807) is 18.3 Å². The molecule has 0 saturated heterocycles. The molecule has 0 bridgehead atoms. The molecule has 5 heteroatoms. The quantitative estimate of drug-likeness (QED) is 0.758. The molecule has 0 aliphatic carbocycles. The van der Waals surface area contributed by atoms with Crippen LogP contribution in [-0.2, 0) is 11.3 Å². The lowest BCUT2D eigenvalue weighted by Gasteiger charge is -2.10. The topological polar surface area (TPSA) is 56.1 Å². The van der Waals surface area contributed by atoms with Crippen LogP contribution >= 0.6 is 0 Å². The zero-order valence-electron chi connectivity index (χ0n) is 13.0. The summed E-state index contributed by atoms with van der Waals surface area (Å²) < 4.78 is 7.54. The van der Waals surface area contributed by atoms with Gasteiger partial charge in [0.15, 0.2) is 11.6 Å². The van der Waals surface area contributed by atoms with E-state index in [0.717, 1.165) is 5.52 Å². The predicted molar refractivity (Wildman–Crippen MR) is 90.6 cm³/mol. The van der Waals surface area contributed by atoms with Crippen molar-refractivity contribution in [2.75, 3.05) is 11.9 Å². The summed E-state index contributed by atoms with van der Waals surface area (Å²) in [6.07, 6.45) is 4.02. The van der Waals surface area contributed by atoms with Crippen LogP contribution < -0.4 is 10.1 Å². The highest BCUT2D eigenvalue weighted by molar-refractivity contribution is 5.91. The van der Waals surface area contributed by atoms with Crippen LogP contribution in [0.3, 0.4) is 0 Å². The Balaban J connectivity index is 1.64. The summed E-state index contributed by atoms with van der Waals surface area (Å²) in [6, 6.07) is 13.8. The number of ether oxygens (including phenoxy) is 1. The molecule has 0 aliphatic rings. The number of carbonyl (C=O) groups is 1. The number of hydrogen-bond donors (Lipinski definition) is 1. The van der Waals surface area contributed by atoms with E-state index in [-0.39, 0.29) is 5.91 Å². The van der Waals surface area contributed by atoms with E-state index in [0.29, 0.717) is 31.1 Å². The van der Waals surface area contributed by atoms with Gasteiger partial charge in [0.25, 0.3) is 0 Å². The molecule has 2 heterocycles. The number of benzene rings is 1. The van der Waals surface area contributed by atoms with E-state index in [1.165, 1.54) is 5.39 Å². The molecule has 118 valence electrons. The number of para-hydroxylation sites is 1. The van der Waals surface area contributed by atoms with Crippen molar-refractivity contribution in [2.45, 2.75) is 19.9 Å². The Morgan fingerprint density at radius 3 is 2.96 bits per heavy atom. The summed E-state index contributed by atoms with van der Waals surface area (Å²) in [4.78, 5) is 16.3. The Bertz CT molecular complexity index is 811. The van der Waals surface area contributed by atoms with E-state index in [2.05, 4.69) is 33.1 Å². The number of nitrogens with one attached hydrogen (secondary N) is 1. The first kappa shape index (κ1) is 15.1. The number of carbonyl (C=O) groups excluding carboxylic acids is 1. The van der Waals surface area contributed by atoms with Gasteiger partial charge < -0.3 is 14.6 Å². The van der Waals surface area contributed by atoms with Gasteiger partial charge in [-0.25, -0.2) is 4.98 Å². The lowest BCUT2D eigenvalue weighted by molar-refractivity contribution is -0.116. The van der Waals surface area contributed by atoms with Gasteiger partial charge >= 0.3 is 0 Å². The molecule has 0 saturated carbocycles. The maximum atomic E-state index is 12.2. The number of fused-ring (bicyclic) bond motifs is 1. The van der Waals surface area contributed by atoms with Crippen LogP contribution in [0.4, 0.5) is 5.82 Å². The van der Waals surface area contributed by atoms with Gasteiger partial charge in [0.2, 0.25) is 5.91 Å². The van der Waals surface area contributed by atoms with Gasteiger partial charge in [-0.15, -0.1) is 0 Å². The molecule has 5 nitrogen and oxygen atoms in total. The Morgan fingerprint density at radius 2 is 2.09 bits per heavy atom. The highest BCUT2D eigenvalue weighted by Gasteiger charge is 2.09. The molecule has 1 N–H and O–H groups in total. The Morgan fingerprint density at radius 1 is 1.22 bits per heavy atom. The normalized spacial score (nSPS) is 10.7. The molecule has 3 rings (SSSR count). The number of aromatic nitrogens is 2. The van der Waals surface area contributed by atoms with Crippen molar-refractivity contribution in [1.82, 2.24) is 9.55 Å². The second-order valence-corrected chi connectivity index (χ2v) is 5.15. The molecule has 0 radical (unpaired) electrons. The number of aryl methyl sites for hydroxylation is 1. The van der Waals surface area contributed by atoms with Gasteiger partial charge in [0.1, 0.15) is 0 Å². The smallest absolute Gasteiger partial charge is 0.227 e. The first-order valence-electron chi connectivity index (χ1n) is 7.69. The molecular weight excluding hydrogens is 290 g/mol. The zero-order valence-corrected chi connectivity index (χ0v) is 13.0. The number of hydrogen-bond acceptors (Lipinski definition) is 3. The predicted octanol–water partition coefficient (Wildman–Crippen LogP) is 3.46. The van der Waals surface area contributed by atoms with Crippen molar-refractivity contribution in [3.8, 4) is 5.75 Å². The lowest BCUT2D eigenvalue weighted by atomic mass is 10.2. The Kier molecular flexibility index (Phi) is 4.57. The molecule has 0 spiro atoms. The summed E-state index contributed by atoms with van der Waals surface area (Å²) in [7, 11) is 0. The Labute approximate surface area is 134 Å². The molecule has 1 amide bonds. The van der Waals surface area contributed by atoms with E-state index >= 15 is 0 Å². The summed E-state index contributed by atoms with van der Waals surface area (Å²) in [5.41, 5.74) is 1.13. The van der Waals surface area contributed by atoms with Crippen molar-refractivity contribution >= 4 is 22.6 Å². The standard InChI is InChI=1S/C18H19N3O2/c1-2-23-16-8-5-11-19-18(16)20-17(22)10-13-21-12-9-14-6-3-4-7-15(14)21/h3-9,11-12H,2,10,13H2,1H3,(H,19,20,22). The average molecular weight is 309 g/mol. The number of pyridine rings is 1. The van der Waals surface area contributed by atoms with Gasteiger partial charge in [-0.05, 0) is 36.6 Å². The summed E-state index contributed by atoms with van der Waals surface area (Å²) in [6.45, 7) is 3.05. The SMILES string of the molecule is CCOc1cccnc1NC(=O)CCn1ccc2ccccc21. The molecule has 0 fully saturated rings. The number of amides is 1. The van der Waals surface area contributed by atoms with Crippen molar-refractivity contribution in [2.24, 2.45) is 0 Å². The molecule has 3 aromatic rings. The van der Waals surface area contributed by atoms with Crippen LogP contribution in [0.15, 0.2) is 54.9 Å². The second kappa shape index (κ2) is 6.96. The second-order valence-electron chi connectivity index (χ2n) is 5.15. The zero-order chi connectivity index (χ0) is 16.1. The number of anilines is 1. The maximum Gasteiger partial charge on any atom is 0.227 e. The van der Waals surface area contributed by atoms with Crippen LogP contribution in [0, 0.1) is 0 Å². The maximum absolute atomic E-state index is 12.2. The minimum atomic E-state index is -0.0811. The molecule has 0 atom stereocenters. The molecule has 0 unspecified atom stereocenters. The largest absolute Gasteiger partial charge is 0.490 e. The minimum absolute atomic E-state index is 0.0811. The van der Waals surface area contributed by atoms with Crippen molar-refractivity contribution in [3.63, 3.8) is 0 Å². The summed E-state index contributed by atoms with van der Waals surface area (Å²) >= 11 is 0. The molecule has 1 aromatic carbocycles. The average Bonchev–Trinajstić information content (AvgIpc) is 2.98. The van der Waals surface area contributed by atoms with Crippen molar-refractivity contribution in [1.29, 1.82) is 0 Å². The van der Waals surface area contributed by atoms with Crippen LogP contribution in [-0.4, -0.2) is 22.1 Å². The third-order valence-electron chi connectivity index (χ3n) is 3.59. The fourth-order valence-corrected chi connectivity index (χ4v) is 2.51. The third kappa shape index (κ3) is 3.51. The van der Waals surface area contributed by atoms with Crippen molar-refractivity contribution < 1.29 is 9.53 Å². The van der Waals surface area contributed by atoms with E-state index in [4.69, 9.17) is 4.74 Å². The van der Waals surface area contributed by atoms with Gasteiger partial charge in [-0.1, -0.05) is 18.2 Å². The van der Waals surface area contributed by atoms with Gasteiger partial charge in [-0.3, -0.25) is 4.79 Å².